The molecule has 0 saturated carbocycles. The predicted molar refractivity (Wildman–Crippen MR) is 177 cm³/mol. The molecule has 0 amide bonds. The summed E-state index contributed by atoms with van der Waals surface area (Å²) in [5.74, 6) is 0. The molecule has 0 bridgehead atoms. The lowest BCUT2D eigenvalue weighted by Gasteiger charge is -2.22. The van der Waals surface area contributed by atoms with Gasteiger partial charge in [-0.25, -0.2) is 0 Å². The smallest absolute Gasteiger partial charge is 0.0159 e. The number of fused-ring (bicyclic) bond motifs is 11. The number of hydrogen-bond acceptors (Lipinski definition) is 0. The number of benzene rings is 8. The Bertz CT molecular complexity index is 2390. The van der Waals surface area contributed by atoms with E-state index in [1.807, 2.05) is 0 Å². The Kier molecular flexibility index (Phi) is 4.49. The van der Waals surface area contributed by atoms with Crippen LogP contribution in [0.4, 0.5) is 0 Å². The van der Waals surface area contributed by atoms with Crippen molar-refractivity contribution < 1.29 is 0 Å². The van der Waals surface area contributed by atoms with Gasteiger partial charge in [-0.1, -0.05) is 123 Å². The molecule has 0 fully saturated rings. The molecular weight excluding hydrogens is 492 g/mol. The summed E-state index contributed by atoms with van der Waals surface area (Å²) in [6.45, 7) is 4.73. The van der Waals surface area contributed by atoms with Gasteiger partial charge in [0.1, 0.15) is 0 Å². The Labute approximate surface area is 239 Å². The van der Waals surface area contributed by atoms with Crippen LogP contribution in [0.15, 0.2) is 133 Å². The molecule has 0 aliphatic heterocycles. The van der Waals surface area contributed by atoms with Gasteiger partial charge in [-0.15, -0.1) is 0 Å². The largest absolute Gasteiger partial charge is 0.0619 e. The number of rotatable bonds is 1. The Morgan fingerprint density at radius 1 is 0.341 bits per heavy atom. The van der Waals surface area contributed by atoms with Gasteiger partial charge in [0, 0.05) is 5.41 Å². The van der Waals surface area contributed by atoms with E-state index in [9.17, 15) is 0 Å². The van der Waals surface area contributed by atoms with Crippen molar-refractivity contribution in [3.05, 3.63) is 145 Å². The van der Waals surface area contributed by atoms with Gasteiger partial charge in [0.25, 0.3) is 0 Å². The quantitative estimate of drug-likeness (QED) is 0.189. The Balaban J connectivity index is 1.26. The molecule has 1 aliphatic rings. The summed E-state index contributed by atoms with van der Waals surface area (Å²) in [6.07, 6.45) is 0. The second-order valence-corrected chi connectivity index (χ2v) is 12.2. The van der Waals surface area contributed by atoms with Crippen LogP contribution < -0.4 is 0 Å². The van der Waals surface area contributed by atoms with Crippen LogP contribution in [0.1, 0.15) is 25.0 Å². The fraction of sp³-hybridized carbons (Fsp3) is 0.0732. The van der Waals surface area contributed by atoms with Crippen LogP contribution in [0.25, 0.3) is 76.1 Å². The number of hydrogen-bond donors (Lipinski definition) is 0. The van der Waals surface area contributed by atoms with E-state index < -0.39 is 0 Å². The van der Waals surface area contributed by atoms with Crippen LogP contribution in [0.3, 0.4) is 0 Å². The van der Waals surface area contributed by atoms with E-state index in [2.05, 4.69) is 147 Å². The van der Waals surface area contributed by atoms with Crippen molar-refractivity contribution in [2.75, 3.05) is 0 Å². The van der Waals surface area contributed by atoms with E-state index in [4.69, 9.17) is 0 Å². The minimum atomic E-state index is -0.0105. The van der Waals surface area contributed by atoms with Gasteiger partial charge in [0.05, 0.1) is 0 Å². The lowest BCUT2D eigenvalue weighted by atomic mass is 9.81. The molecule has 0 heterocycles. The molecule has 8 aromatic rings. The van der Waals surface area contributed by atoms with Gasteiger partial charge in [0.15, 0.2) is 0 Å². The van der Waals surface area contributed by atoms with Crippen LogP contribution in [0, 0.1) is 0 Å². The first kappa shape index (κ1) is 22.8. The molecule has 1 aliphatic carbocycles. The second-order valence-electron chi connectivity index (χ2n) is 12.2. The van der Waals surface area contributed by atoms with Crippen molar-refractivity contribution in [3.63, 3.8) is 0 Å². The molecule has 0 spiro atoms. The molecule has 0 saturated heterocycles. The van der Waals surface area contributed by atoms with Crippen molar-refractivity contribution in [2.24, 2.45) is 0 Å². The maximum atomic E-state index is 2.47. The molecule has 0 heteroatoms. The maximum Gasteiger partial charge on any atom is 0.0159 e. The molecule has 0 aromatic heterocycles. The van der Waals surface area contributed by atoms with Crippen LogP contribution >= 0.6 is 0 Å². The lowest BCUT2D eigenvalue weighted by molar-refractivity contribution is 0.661. The minimum absolute atomic E-state index is 0.0105. The van der Waals surface area contributed by atoms with Gasteiger partial charge in [-0.3, -0.25) is 0 Å². The zero-order chi connectivity index (χ0) is 27.3. The normalized spacial score (nSPS) is 13.8. The Morgan fingerprint density at radius 3 is 1.66 bits per heavy atom. The zero-order valence-electron chi connectivity index (χ0n) is 23.2. The highest BCUT2D eigenvalue weighted by molar-refractivity contribution is 6.18. The van der Waals surface area contributed by atoms with Crippen molar-refractivity contribution in [3.8, 4) is 22.3 Å². The van der Waals surface area contributed by atoms with E-state index >= 15 is 0 Å². The Morgan fingerprint density at radius 2 is 0.878 bits per heavy atom. The van der Waals surface area contributed by atoms with Crippen LogP contribution in [0.2, 0.25) is 0 Å². The summed E-state index contributed by atoms with van der Waals surface area (Å²) in [7, 11) is 0. The molecule has 192 valence electrons. The zero-order valence-corrected chi connectivity index (χ0v) is 23.2. The lowest BCUT2D eigenvalue weighted by Crippen LogP contribution is -2.14. The van der Waals surface area contributed by atoms with Gasteiger partial charge >= 0.3 is 0 Å². The fourth-order valence-corrected chi connectivity index (χ4v) is 7.43. The molecule has 9 rings (SSSR count). The van der Waals surface area contributed by atoms with Crippen LogP contribution in [0.5, 0.6) is 0 Å². The van der Waals surface area contributed by atoms with E-state index in [0.29, 0.717) is 0 Å². The summed E-state index contributed by atoms with van der Waals surface area (Å²) >= 11 is 0. The Hall–Kier alpha value is -4.94. The topological polar surface area (TPSA) is 0 Å². The van der Waals surface area contributed by atoms with Gasteiger partial charge in [0.2, 0.25) is 0 Å². The average molecular weight is 521 g/mol. The summed E-state index contributed by atoms with van der Waals surface area (Å²) in [6, 6.07) is 50.0. The first-order chi connectivity index (χ1) is 20.1. The molecule has 0 nitrogen and oxygen atoms in total. The van der Waals surface area contributed by atoms with Gasteiger partial charge in [-0.05, 0) is 112 Å². The molecule has 8 aromatic carbocycles. The third-order valence-electron chi connectivity index (χ3n) is 9.62. The van der Waals surface area contributed by atoms with Crippen molar-refractivity contribution in [1.82, 2.24) is 0 Å². The van der Waals surface area contributed by atoms with Crippen molar-refractivity contribution in [2.45, 2.75) is 19.3 Å². The third kappa shape index (κ3) is 3.16. The molecule has 41 heavy (non-hydrogen) atoms. The highest BCUT2D eigenvalue weighted by atomic mass is 14.4. The summed E-state index contributed by atoms with van der Waals surface area (Å²) < 4.78 is 0. The maximum absolute atomic E-state index is 2.47. The molecule has 0 unspecified atom stereocenters. The average Bonchev–Trinajstić information content (AvgIpc) is 3.25. The fourth-order valence-electron chi connectivity index (χ4n) is 7.43. The van der Waals surface area contributed by atoms with Crippen molar-refractivity contribution in [1.29, 1.82) is 0 Å². The summed E-state index contributed by atoms with van der Waals surface area (Å²) in [5.41, 5.74) is 8.10. The van der Waals surface area contributed by atoms with Crippen LogP contribution in [-0.2, 0) is 5.41 Å². The summed E-state index contributed by atoms with van der Waals surface area (Å²) in [4.78, 5) is 0. The molecule has 0 atom stereocenters. The summed E-state index contributed by atoms with van der Waals surface area (Å²) in [5, 5.41) is 13.1. The minimum Gasteiger partial charge on any atom is -0.0619 e. The van der Waals surface area contributed by atoms with E-state index in [-0.39, 0.29) is 5.41 Å². The predicted octanol–water partition coefficient (Wildman–Crippen LogP) is 11.4. The SMILES string of the molecule is CC1(C)c2ccccc2-c2cc3ccc4ccc(-c5ccc6ccc7c8ccccc8ccc7c6c5)cc4c3cc21. The molecule has 0 N–H and O–H groups in total. The monoisotopic (exact) mass is 520 g/mol. The first-order valence-corrected chi connectivity index (χ1v) is 14.5. The third-order valence-corrected chi connectivity index (χ3v) is 9.62. The van der Waals surface area contributed by atoms with Crippen molar-refractivity contribution >= 4 is 53.9 Å². The van der Waals surface area contributed by atoms with Gasteiger partial charge < -0.3 is 0 Å². The first-order valence-electron chi connectivity index (χ1n) is 14.5. The van der Waals surface area contributed by atoms with E-state index in [1.165, 1.54) is 87.2 Å². The van der Waals surface area contributed by atoms with Crippen LogP contribution in [-0.4, -0.2) is 0 Å². The van der Waals surface area contributed by atoms with E-state index in [1.54, 1.807) is 0 Å². The highest BCUT2D eigenvalue weighted by Gasteiger charge is 2.35. The highest BCUT2D eigenvalue weighted by Crippen LogP contribution is 2.50. The standard InChI is InChI=1S/C41H28/c1-41(2)39-10-6-5-9-34(39)38-23-30-16-13-26-11-14-29(22-36(26)37(30)24-40(38)41)28-15-12-27-18-19-32-31-8-4-3-7-25(31)17-20-33(32)35(27)21-28/h3-24H,1-2H3. The molecular formula is C41H28. The van der Waals surface area contributed by atoms with Gasteiger partial charge in [-0.2, -0.15) is 0 Å². The molecule has 0 radical (unpaired) electrons. The second kappa shape index (κ2) is 8.05. The van der Waals surface area contributed by atoms with E-state index in [0.717, 1.165) is 0 Å².